The molecule has 0 bridgehead atoms. The van der Waals surface area contributed by atoms with Crippen LogP contribution in [0.4, 0.5) is 0 Å². The Kier molecular flexibility index (Phi) is 2.88. The Bertz CT molecular complexity index is 589. The molecule has 0 aromatic carbocycles. The SMILES string of the molecule is COC1=CC=C2N=C(C)CC[C@@]34C=C[C@@H](O)C[C@@H]3OC1C24. The molecule has 1 saturated heterocycles. The highest BCUT2D eigenvalue weighted by atomic mass is 16.5. The van der Waals surface area contributed by atoms with Gasteiger partial charge in [-0.2, -0.15) is 0 Å². The number of nitrogens with zero attached hydrogens (tertiary/aromatic N) is 1. The number of hydrogen-bond acceptors (Lipinski definition) is 4. The molecule has 2 aliphatic heterocycles. The third kappa shape index (κ3) is 1.79. The maximum atomic E-state index is 9.97. The average molecular weight is 287 g/mol. The first-order chi connectivity index (χ1) is 10.1. The Morgan fingerprint density at radius 2 is 2.29 bits per heavy atom. The van der Waals surface area contributed by atoms with E-state index in [-0.39, 0.29) is 23.5 Å². The van der Waals surface area contributed by atoms with Gasteiger partial charge in [-0.05, 0) is 31.9 Å². The van der Waals surface area contributed by atoms with Gasteiger partial charge in [-0.15, -0.1) is 0 Å². The molecule has 0 radical (unpaired) electrons. The molecule has 4 heteroatoms. The van der Waals surface area contributed by atoms with Gasteiger partial charge in [0.05, 0.1) is 19.3 Å². The summed E-state index contributed by atoms with van der Waals surface area (Å²) < 4.78 is 11.8. The predicted molar refractivity (Wildman–Crippen MR) is 79.9 cm³/mol. The van der Waals surface area contributed by atoms with Crippen LogP contribution in [0.3, 0.4) is 0 Å². The summed E-state index contributed by atoms with van der Waals surface area (Å²) >= 11 is 0. The summed E-state index contributed by atoms with van der Waals surface area (Å²) in [5.41, 5.74) is 2.21. The maximum absolute atomic E-state index is 9.97. The number of rotatable bonds is 1. The largest absolute Gasteiger partial charge is 0.498 e. The van der Waals surface area contributed by atoms with Crippen molar-refractivity contribution in [2.24, 2.45) is 16.3 Å². The van der Waals surface area contributed by atoms with Crippen LogP contribution in [0, 0.1) is 11.3 Å². The van der Waals surface area contributed by atoms with Crippen LogP contribution in [0.2, 0.25) is 0 Å². The number of hydrogen-bond donors (Lipinski definition) is 1. The molecule has 5 atom stereocenters. The van der Waals surface area contributed by atoms with Crippen LogP contribution in [-0.2, 0) is 9.47 Å². The first kappa shape index (κ1) is 13.3. The number of aliphatic imine (C=N–C) groups is 1. The fourth-order valence-corrected chi connectivity index (χ4v) is 4.33. The quantitative estimate of drug-likeness (QED) is 0.753. The minimum Gasteiger partial charge on any atom is -0.498 e. The molecule has 1 N–H and O–H groups in total. The summed E-state index contributed by atoms with van der Waals surface area (Å²) in [6.45, 7) is 2.10. The normalized spacial score (nSPS) is 44.0. The van der Waals surface area contributed by atoms with E-state index in [9.17, 15) is 5.11 Å². The van der Waals surface area contributed by atoms with Crippen LogP contribution in [0.25, 0.3) is 0 Å². The summed E-state index contributed by atoms with van der Waals surface area (Å²) in [4.78, 5) is 4.81. The molecular weight excluding hydrogens is 266 g/mol. The molecule has 1 spiro atoms. The van der Waals surface area contributed by atoms with E-state index < -0.39 is 6.10 Å². The highest BCUT2D eigenvalue weighted by molar-refractivity contribution is 5.83. The zero-order valence-corrected chi connectivity index (χ0v) is 12.5. The van der Waals surface area contributed by atoms with Crippen molar-refractivity contribution in [3.63, 3.8) is 0 Å². The van der Waals surface area contributed by atoms with Crippen LogP contribution in [0.5, 0.6) is 0 Å². The van der Waals surface area contributed by atoms with Gasteiger partial charge in [0, 0.05) is 29.2 Å². The summed E-state index contributed by atoms with van der Waals surface area (Å²) in [5.74, 6) is 1.07. The van der Waals surface area contributed by atoms with Crippen molar-refractivity contribution in [1.82, 2.24) is 0 Å². The van der Waals surface area contributed by atoms with E-state index in [4.69, 9.17) is 14.5 Å². The molecule has 2 aliphatic carbocycles. The third-order valence-electron chi connectivity index (χ3n) is 5.37. The second-order valence-electron chi connectivity index (χ2n) is 6.51. The smallest absolute Gasteiger partial charge is 0.125 e. The number of aliphatic hydroxyl groups excluding tert-OH is 1. The second kappa shape index (κ2) is 4.55. The highest BCUT2D eigenvalue weighted by Crippen LogP contribution is 2.58. The van der Waals surface area contributed by atoms with Crippen LogP contribution in [0.1, 0.15) is 26.2 Å². The molecule has 2 unspecified atom stereocenters. The van der Waals surface area contributed by atoms with Crippen molar-refractivity contribution in [3.05, 3.63) is 35.8 Å². The van der Waals surface area contributed by atoms with Gasteiger partial charge in [0.15, 0.2) is 0 Å². The second-order valence-corrected chi connectivity index (χ2v) is 6.51. The lowest BCUT2D eigenvalue weighted by molar-refractivity contribution is -0.0137. The molecule has 2 heterocycles. The molecule has 4 rings (SSSR count). The lowest BCUT2D eigenvalue weighted by Crippen LogP contribution is -2.40. The van der Waals surface area contributed by atoms with E-state index >= 15 is 0 Å². The topological polar surface area (TPSA) is 51.0 Å². The number of allylic oxidation sites excluding steroid dienone is 2. The van der Waals surface area contributed by atoms with E-state index in [2.05, 4.69) is 19.1 Å². The highest BCUT2D eigenvalue weighted by Gasteiger charge is 2.59. The molecule has 21 heavy (non-hydrogen) atoms. The van der Waals surface area contributed by atoms with Gasteiger partial charge in [0.2, 0.25) is 0 Å². The van der Waals surface area contributed by atoms with E-state index in [1.165, 1.54) is 5.71 Å². The fourth-order valence-electron chi connectivity index (χ4n) is 4.33. The van der Waals surface area contributed by atoms with Crippen LogP contribution in [0.15, 0.2) is 40.8 Å². The lowest BCUT2D eigenvalue weighted by Gasteiger charge is -2.39. The third-order valence-corrected chi connectivity index (χ3v) is 5.37. The van der Waals surface area contributed by atoms with Crippen molar-refractivity contribution >= 4 is 5.71 Å². The van der Waals surface area contributed by atoms with Crippen molar-refractivity contribution in [3.8, 4) is 0 Å². The van der Waals surface area contributed by atoms with Gasteiger partial charge in [-0.1, -0.05) is 12.2 Å². The molecule has 0 amide bonds. The molecule has 4 nitrogen and oxygen atoms in total. The Morgan fingerprint density at radius 1 is 1.43 bits per heavy atom. The molecule has 0 saturated carbocycles. The Labute approximate surface area is 124 Å². The molecule has 0 aromatic rings. The first-order valence-corrected chi connectivity index (χ1v) is 7.67. The van der Waals surface area contributed by atoms with E-state index in [0.717, 1.165) is 24.3 Å². The molecule has 0 aromatic heterocycles. The van der Waals surface area contributed by atoms with E-state index in [1.54, 1.807) is 7.11 Å². The number of aliphatic hydroxyl groups is 1. The Hall–Kier alpha value is -1.39. The minimum absolute atomic E-state index is 0.0358. The fraction of sp³-hybridized carbons (Fsp3) is 0.588. The van der Waals surface area contributed by atoms with Crippen LogP contribution in [-0.4, -0.2) is 36.2 Å². The minimum atomic E-state index is -0.409. The number of ether oxygens (including phenoxy) is 2. The Morgan fingerprint density at radius 3 is 3.10 bits per heavy atom. The van der Waals surface area contributed by atoms with Gasteiger partial charge in [0.1, 0.15) is 11.9 Å². The monoisotopic (exact) mass is 287 g/mol. The van der Waals surface area contributed by atoms with Crippen LogP contribution < -0.4 is 0 Å². The van der Waals surface area contributed by atoms with Crippen molar-refractivity contribution in [2.75, 3.05) is 7.11 Å². The van der Waals surface area contributed by atoms with Gasteiger partial charge in [-0.3, -0.25) is 4.99 Å². The van der Waals surface area contributed by atoms with Crippen molar-refractivity contribution in [2.45, 2.75) is 44.5 Å². The summed E-state index contributed by atoms with van der Waals surface area (Å²) in [5, 5.41) is 9.97. The first-order valence-electron chi connectivity index (χ1n) is 7.67. The van der Waals surface area contributed by atoms with E-state index in [1.807, 2.05) is 12.2 Å². The summed E-state index contributed by atoms with van der Waals surface area (Å²) in [7, 11) is 1.69. The van der Waals surface area contributed by atoms with Gasteiger partial charge in [0.25, 0.3) is 0 Å². The van der Waals surface area contributed by atoms with Gasteiger partial charge < -0.3 is 14.6 Å². The van der Waals surface area contributed by atoms with Crippen LogP contribution >= 0.6 is 0 Å². The number of methoxy groups -OCH3 is 1. The Balaban J connectivity index is 1.86. The lowest BCUT2D eigenvalue weighted by atomic mass is 9.63. The predicted octanol–water partition coefficient (Wildman–Crippen LogP) is 2.36. The van der Waals surface area contributed by atoms with Crippen molar-refractivity contribution < 1.29 is 14.6 Å². The molecule has 112 valence electrons. The van der Waals surface area contributed by atoms with Gasteiger partial charge >= 0.3 is 0 Å². The summed E-state index contributed by atoms with van der Waals surface area (Å²) in [6, 6.07) is 0. The van der Waals surface area contributed by atoms with E-state index in [0.29, 0.717) is 6.42 Å². The maximum Gasteiger partial charge on any atom is 0.125 e. The van der Waals surface area contributed by atoms with Gasteiger partial charge in [-0.25, -0.2) is 0 Å². The average Bonchev–Trinajstić information content (AvgIpc) is 2.72. The van der Waals surface area contributed by atoms with Crippen molar-refractivity contribution in [1.29, 1.82) is 0 Å². The summed E-state index contributed by atoms with van der Waals surface area (Å²) in [6.07, 6.45) is 10.4. The zero-order valence-electron chi connectivity index (χ0n) is 12.5. The molecule has 4 aliphatic rings. The molecule has 1 fully saturated rings. The molecular formula is C17H21NO3. The zero-order chi connectivity index (χ0) is 14.6. The standard InChI is InChI=1S/C17H21NO3/c1-10-5-7-17-8-6-11(19)9-14(17)21-16-13(20-2)4-3-12(18-10)15(16)17/h3-4,6,8,11,14-16,19H,5,7,9H2,1-2H3/t11-,14+,15?,16?,17-/m1/s1.